The number of hydrogen-bond donors (Lipinski definition) is 2. The molecule has 1 rings (SSSR count). The number of carbonyl (C=O) groups is 2. The fraction of sp³-hybridized carbons (Fsp3) is 0.500. The Morgan fingerprint density at radius 3 is 2.53 bits per heavy atom. The molecule has 0 unspecified atom stereocenters. The zero-order valence-corrected chi connectivity index (χ0v) is 11.5. The maximum absolute atomic E-state index is 11.7. The predicted molar refractivity (Wildman–Crippen MR) is 73.2 cm³/mol. The van der Waals surface area contributed by atoms with Gasteiger partial charge >= 0.3 is 0 Å². The van der Waals surface area contributed by atoms with E-state index < -0.39 is 0 Å². The van der Waals surface area contributed by atoms with Gasteiger partial charge < -0.3 is 10.6 Å². The van der Waals surface area contributed by atoms with Crippen molar-refractivity contribution in [1.29, 1.82) is 0 Å². The molecule has 0 aliphatic heterocycles. The van der Waals surface area contributed by atoms with E-state index in [0.29, 0.717) is 6.54 Å². The molecule has 2 amide bonds. The van der Waals surface area contributed by atoms with Gasteiger partial charge in [0.15, 0.2) is 0 Å². The lowest BCUT2D eigenvalue weighted by Gasteiger charge is -2.12. The molecule has 0 spiro atoms. The van der Waals surface area contributed by atoms with Crippen LogP contribution in [0.2, 0.25) is 0 Å². The highest BCUT2D eigenvalue weighted by Gasteiger charge is 2.14. The number of aromatic nitrogens is 1. The van der Waals surface area contributed by atoms with Crippen LogP contribution >= 0.6 is 0 Å². The van der Waals surface area contributed by atoms with Crippen LogP contribution in [0.1, 0.15) is 32.4 Å². The molecule has 0 aromatic carbocycles. The summed E-state index contributed by atoms with van der Waals surface area (Å²) < 4.78 is 0. The Morgan fingerprint density at radius 2 is 1.95 bits per heavy atom. The highest BCUT2D eigenvalue weighted by molar-refractivity contribution is 5.85. The summed E-state index contributed by atoms with van der Waals surface area (Å²) in [4.78, 5) is 27.3. The van der Waals surface area contributed by atoms with Crippen molar-refractivity contribution >= 4 is 11.8 Å². The smallest absolute Gasteiger partial charge is 0.239 e. The lowest BCUT2D eigenvalue weighted by atomic mass is 10.0. The fourth-order valence-corrected chi connectivity index (χ4v) is 1.73. The molecule has 0 atom stereocenters. The van der Waals surface area contributed by atoms with Crippen molar-refractivity contribution in [3.05, 3.63) is 30.1 Å². The topological polar surface area (TPSA) is 71.1 Å². The molecule has 1 aromatic rings. The highest BCUT2D eigenvalue weighted by Crippen LogP contribution is 2.06. The minimum atomic E-state index is -0.204. The lowest BCUT2D eigenvalue weighted by molar-refractivity contribution is -0.128. The largest absolute Gasteiger partial charge is 0.349 e. The van der Waals surface area contributed by atoms with Crippen LogP contribution in [0.4, 0.5) is 0 Å². The van der Waals surface area contributed by atoms with Crippen molar-refractivity contribution in [2.24, 2.45) is 5.92 Å². The summed E-state index contributed by atoms with van der Waals surface area (Å²) in [5, 5.41) is 5.36. The Kier molecular flexibility index (Phi) is 6.57. The molecule has 5 nitrogen and oxygen atoms in total. The highest BCUT2D eigenvalue weighted by atomic mass is 16.2. The second kappa shape index (κ2) is 8.24. The summed E-state index contributed by atoms with van der Waals surface area (Å²) >= 11 is 0. The second-order valence-corrected chi connectivity index (χ2v) is 4.33. The van der Waals surface area contributed by atoms with Gasteiger partial charge in [0.05, 0.1) is 18.8 Å². The van der Waals surface area contributed by atoms with E-state index in [-0.39, 0.29) is 24.3 Å². The molecule has 0 saturated carbocycles. The number of pyridine rings is 1. The average molecular weight is 263 g/mol. The summed E-state index contributed by atoms with van der Waals surface area (Å²) in [5.74, 6) is -0.272. The summed E-state index contributed by atoms with van der Waals surface area (Å²) in [6.07, 6.45) is 3.26. The zero-order chi connectivity index (χ0) is 14.1. The van der Waals surface area contributed by atoms with E-state index in [0.717, 1.165) is 18.5 Å². The number of amides is 2. The number of rotatable bonds is 7. The van der Waals surface area contributed by atoms with Gasteiger partial charge in [-0.25, -0.2) is 0 Å². The van der Waals surface area contributed by atoms with Crippen LogP contribution in [-0.4, -0.2) is 23.3 Å². The van der Waals surface area contributed by atoms with Crippen molar-refractivity contribution in [3.63, 3.8) is 0 Å². The van der Waals surface area contributed by atoms with Crippen LogP contribution in [0.25, 0.3) is 0 Å². The van der Waals surface area contributed by atoms with Crippen molar-refractivity contribution in [2.45, 2.75) is 33.2 Å². The minimum Gasteiger partial charge on any atom is -0.349 e. The van der Waals surface area contributed by atoms with Crippen LogP contribution in [0.15, 0.2) is 24.4 Å². The summed E-state index contributed by atoms with van der Waals surface area (Å²) in [7, 11) is 0. The summed E-state index contributed by atoms with van der Waals surface area (Å²) in [6.45, 7) is 4.33. The average Bonchev–Trinajstić information content (AvgIpc) is 2.45. The molecule has 104 valence electrons. The van der Waals surface area contributed by atoms with E-state index in [1.165, 1.54) is 0 Å². The van der Waals surface area contributed by atoms with E-state index in [9.17, 15) is 9.59 Å². The van der Waals surface area contributed by atoms with Crippen LogP contribution in [0, 0.1) is 5.92 Å². The van der Waals surface area contributed by atoms with Gasteiger partial charge in [-0.3, -0.25) is 14.6 Å². The first-order chi connectivity index (χ1) is 9.17. The molecule has 2 N–H and O–H groups in total. The van der Waals surface area contributed by atoms with Gasteiger partial charge in [0.2, 0.25) is 11.8 Å². The lowest BCUT2D eigenvalue weighted by Crippen LogP contribution is -2.39. The minimum absolute atomic E-state index is 0.0106. The maximum Gasteiger partial charge on any atom is 0.239 e. The molecule has 5 heteroatoms. The van der Waals surface area contributed by atoms with Gasteiger partial charge in [-0.2, -0.15) is 0 Å². The SMILES string of the molecule is CCC(CC)C(=O)NCC(=O)NCc1ccccn1. The van der Waals surface area contributed by atoms with E-state index in [2.05, 4.69) is 15.6 Å². The monoisotopic (exact) mass is 263 g/mol. The van der Waals surface area contributed by atoms with Gasteiger partial charge in [-0.05, 0) is 25.0 Å². The third-order valence-electron chi connectivity index (χ3n) is 2.97. The first kappa shape index (κ1) is 15.1. The normalized spacial score (nSPS) is 10.3. The Hall–Kier alpha value is -1.91. The molecule has 0 radical (unpaired) electrons. The van der Waals surface area contributed by atoms with E-state index in [4.69, 9.17) is 0 Å². The number of hydrogen-bond acceptors (Lipinski definition) is 3. The molecule has 0 saturated heterocycles. The molecule has 0 fully saturated rings. The van der Waals surface area contributed by atoms with Crippen LogP contribution < -0.4 is 10.6 Å². The van der Waals surface area contributed by atoms with Crippen LogP contribution in [-0.2, 0) is 16.1 Å². The standard InChI is InChI=1S/C14H21N3O2/c1-3-11(4-2)14(19)17-10-13(18)16-9-12-7-5-6-8-15-12/h5-8,11H,3-4,9-10H2,1-2H3,(H,16,18)(H,17,19). The molecule has 1 heterocycles. The Balaban J connectivity index is 2.26. The van der Waals surface area contributed by atoms with E-state index >= 15 is 0 Å². The molecule has 0 aliphatic rings. The Morgan fingerprint density at radius 1 is 1.21 bits per heavy atom. The number of nitrogens with one attached hydrogen (secondary N) is 2. The quantitative estimate of drug-likeness (QED) is 0.777. The van der Waals surface area contributed by atoms with Crippen LogP contribution in [0.5, 0.6) is 0 Å². The maximum atomic E-state index is 11.7. The first-order valence-corrected chi connectivity index (χ1v) is 6.61. The second-order valence-electron chi connectivity index (χ2n) is 4.33. The predicted octanol–water partition coefficient (Wildman–Crippen LogP) is 1.25. The fourth-order valence-electron chi connectivity index (χ4n) is 1.73. The summed E-state index contributed by atoms with van der Waals surface area (Å²) in [6, 6.07) is 5.52. The Labute approximate surface area is 113 Å². The van der Waals surface area contributed by atoms with Gasteiger partial charge in [0, 0.05) is 12.1 Å². The zero-order valence-electron chi connectivity index (χ0n) is 11.5. The van der Waals surface area contributed by atoms with Gasteiger partial charge in [-0.1, -0.05) is 19.9 Å². The first-order valence-electron chi connectivity index (χ1n) is 6.61. The summed E-state index contributed by atoms with van der Waals surface area (Å²) in [5.41, 5.74) is 0.794. The van der Waals surface area contributed by atoms with Crippen molar-refractivity contribution in [3.8, 4) is 0 Å². The number of nitrogens with zero attached hydrogens (tertiary/aromatic N) is 1. The van der Waals surface area contributed by atoms with E-state index in [1.54, 1.807) is 6.20 Å². The third kappa shape index (κ3) is 5.50. The van der Waals surface area contributed by atoms with Gasteiger partial charge in [0.1, 0.15) is 0 Å². The van der Waals surface area contributed by atoms with Crippen LogP contribution in [0.3, 0.4) is 0 Å². The molecular formula is C14H21N3O2. The molecule has 0 aliphatic carbocycles. The van der Waals surface area contributed by atoms with E-state index in [1.807, 2.05) is 32.0 Å². The Bertz CT molecular complexity index is 402. The van der Waals surface area contributed by atoms with Crippen molar-refractivity contribution in [1.82, 2.24) is 15.6 Å². The van der Waals surface area contributed by atoms with Crippen molar-refractivity contribution < 1.29 is 9.59 Å². The molecule has 1 aromatic heterocycles. The third-order valence-corrected chi connectivity index (χ3v) is 2.97. The molecule has 0 bridgehead atoms. The molecule has 19 heavy (non-hydrogen) atoms. The van der Waals surface area contributed by atoms with Crippen molar-refractivity contribution in [2.75, 3.05) is 6.54 Å². The number of carbonyl (C=O) groups excluding carboxylic acids is 2. The van der Waals surface area contributed by atoms with Gasteiger partial charge in [-0.15, -0.1) is 0 Å². The molecular weight excluding hydrogens is 242 g/mol. The van der Waals surface area contributed by atoms with Gasteiger partial charge in [0.25, 0.3) is 0 Å².